The lowest BCUT2D eigenvalue weighted by Gasteiger charge is -2.13. The lowest BCUT2D eigenvalue weighted by atomic mass is 10.2. The molecule has 0 fully saturated rings. The maximum atomic E-state index is 11.0. The molecule has 106 valence electrons. The third-order valence-electron chi connectivity index (χ3n) is 2.90. The van der Waals surface area contributed by atoms with Crippen LogP contribution in [-0.4, -0.2) is 26.0 Å². The van der Waals surface area contributed by atoms with Crippen LogP contribution < -0.4 is 5.32 Å². The molecular weight excluding hydrogens is 258 g/mol. The Bertz CT molecular complexity index is 582. The zero-order valence-electron chi connectivity index (χ0n) is 11.5. The van der Waals surface area contributed by atoms with Crippen molar-refractivity contribution >= 4 is 11.5 Å². The second-order valence-electron chi connectivity index (χ2n) is 4.88. The van der Waals surface area contributed by atoms with E-state index in [1.807, 2.05) is 10.8 Å². The lowest BCUT2D eigenvalue weighted by Crippen LogP contribution is -2.17. The summed E-state index contributed by atoms with van der Waals surface area (Å²) in [4.78, 5) is 18.7. The van der Waals surface area contributed by atoms with Crippen molar-refractivity contribution in [3.05, 3.63) is 46.7 Å². The molecule has 2 rings (SSSR count). The number of hydrogen-bond acceptors (Lipinski definition) is 5. The van der Waals surface area contributed by atoms with Gasteiger partial charge in [-0.25, -0.2) is 9.97 Å². The number of anilines is 1. The molecule has 0 radical (unpaired) electrons. The Labute approximate surface area is 116 Å². The number of aromatic nitrogens is 3. The van der Waals surface area contributed by atoms with Crippen molar-refractivity contribution in [3.8, 4) is 0 Å². The Morgan fingerprint density at radius 1 is 1.55 bits per heavy atom. The van der Waals surface area contributed by atoms with Crippen LogP contribution in [0.15, 0.2) is 31.0 Å². The van der Waals surface area contributed by atoms with Crippen molar-refractivity contribution in [2.75, 3.05) is 11.9 Å². The number of nitrogens with zero attached hydrogens (tertiary/aromatic N) is 4. The number of pyridine rings is 1. The van der Waals surface area contributed by atoms with Gasteiger partial charge in [0, 0.05) is 37.7 Å². The number of aryl methyl sites for hydroxylation is 1. The summed E-state index contributed by atoms with van der Waals surface area (Å²) in [6.07, 6.45) is 6.99. The molecule has 1 N–H and O–H groups in total. The van der Waals surface area contributed by atoms with Gasteiger partial charge in [0.15, 0.2) is 0 Å². The Kier molecular flexibility index (Phi) is 4.29. The average molecular weight is 275 g/mol. The Balaban J connectivity index is 1.98. The van der Waals surface area contributed by atoms with Crippen LogP contribution >= 0.6 is 0 Å². The van der Waals surface area contributed by atoms with Gasteiger partial charge in [0.1, 0.15) is 0 Å². The van der Waals surface area contributed by atoms with Gasteiger partial charge < -0.3 is 9.88 Å². The van der Waals surface area contributed by atoms with Gasteiger partial charge in [-0.1, -0.05) is 6.92 Å². The normalized spacial score (nSPS) is 12.1. The average Bonchev–Trinajstić information content (AvgIpc) is 2.90. The fourth-order valence-electron chi connectivity index (χ4n) is 1.92. The fourth-order valence-corrected chi connectivity index (χ4v) is 1.92. The van der Waals surface area contributed by atoms with E-state index in [2.05, 4.69) is 22.2 Å². The van der Waals surface area contributed by atoms with Crippen LogP contribution in [0.2, 0.25) is 0 Å². The van der Waals surface area contributed by atoms with Crippen molar-refractivity contribution < 1.29 is 4.92 Å². The SMILES string of the molecule is Cc1cnc(NC[C@@H](C)Cn2ccnc2)c([N+](=O)[O-])c1. The van der Waals surface area contributed by atoms with Gasteiger partial charge in [0.25, 0.3) is 0 Å². The molecule has 0 amide bonds. The first-order chi connectivity index (χ1) is 9.56. The number of rotatable bonds is 6. The summed E-state index contributed by atoms with van der Waals surface area (Å²) in [5.41, 5.74) is 0.786. The number of hydrogen-bond donors (Lipinski definition) is 1. The molecule has 7 nitrogen and oxygen atoms in total. The predicted molar refractivity (Wildman–Crippen MR) is 75.5 cm³/mol. The van der Waals surface area contributed by atoms with E-state index in [9.17, 15) is 10.1 Å². The van der Waals surface area contributed by atoms with Crippen molar-refractivity contribution in [2.24, 2.45) is 5.92 Å². The smallest absolute Gasteiger partial charge is 0.311 e. The minimum atomic E-state index is -0.414. The molecule has 7 heteroatoms. The van der Waals surface area contributed by atoms with Gasteiger partial charge in [-0.2, -0.15) is 0 Å². The highest BCUT2D eigenvalue weighted by atomic mass is 16.6. The van der Waals surface area contributed by atoms with E-state index >= 15 is 0 Å². The molecule has 0 aliphatic rings. The van der Waals surface area contributed by atoms with Gasteiger partial charge in [-0.05, 0) is 18.4 Å². The minimum absolute atomic E-state index is 0.0137. The third-order valence-corrected chi connectivity index (χ3v) is 2.90. The van der Waals surface area contributed by atoms with E-state index in [1.54, 1.807) is 25.6 Å². The maximum absolute atomic E-state index is 11.0. The molecule has 0 aromatic carbocycles. The molecule has 0 bridgehead atoms. The molecule has 20 heavy (non-hydrogen) atoms. The second-order valence-corrected chi connectivity index (χ2v) is 4.88. The van der Waals surface area contributed by atoms with E-state index in [0.29, 0.717) is 18.3 Å². The quantitative estimate of drug-likeness (QED) is 0.645. The van der Waals surface area contributed by atoms with Crippen LogP contribution in [0.4, 0.5) is 11.5 Å². The molecule has 0 aliphatic heterocycles. The van der Waals surface area contributed by atoms with Crippen LogP contribution in [-0.2, 0) is 6.54 Å². The summed E-state index contributed by atoms with van der Waals surface area (Å²) >= 11 is 0. The molecule has 0 saturated carbocycles. The van der Waals surface area contributed by atoms with E-state index < -0.39 is 4.92 Å². The van der Waals surface area contributed by atoms with Gasteiger partial charge in [-0.3, -0.25) is 10.1 Å². The highest BCUT2D eigenvalue weighted by Crippen LogP contribution is 2.22. The third kappa shape index (κ3) is 3.53. The standard InChI is InChI=1S/C13H17N5O2/c1-10-5-12(18(19)20)13(15-6-10)16-7-11(2)8-17-4-3-14-9-17/h3-6,9,11H,7-8H2,1-2H3,(H,15,16)/t11-/m1/s1. The van der Waals surface area contributed by atoms with Gasteiger partial charge >= 0.3 is 5.69 Å². The van der Waals surface area contributed by atoms with Gasteiger partial charge in [0.2, 0.25) is 5.82 Å². The Morgan fingerprint density at radius 2 is 2.35 bits per heavy atom. The number of nitro groups is 1. The second kappa shape index (κ2) is 6.14. The van der Waals surface area contributed by atoms with E-state index in [1.165, 1.54) is 6.07 Å². The molecule has 2 aromatic heterocycles. The van der Waals surface area contributed by atoms with Crippen LogP contribution in [0.25, 0.3) is 0 Å². The summed E-state index contributed by atoms with van der Waals surface area (Å²) in [7, 11) is 0. The van der Waals surface area contributed by atoms with Gasteiger partial charge in [-0.15, -0.1) is 0 Å². The summed E-state index contributed by atoms with van der Waals surface area (Å²) in [6, 6.07) is 1.52. The topological polar surface area (TPSA) is 85.9 Å². The van der Waals surface area contributed by atoms with E-state index in [4.69, 9.17) is 0 Å². The first-order valence-corrected chi connectivity index (χ1v) is 6.37. The fraction of sp³-hybridized carbons (Fsp3) is 0.385. The summed E-state index contributed by atoms with van der Waals surface area (Å²) in [5, 5.41) is 14.0. The zero-order chi connectivity index (χ0) is 14.5. The molecule has 1 atom stereocenters. The number of nitrogens with one attached hydrogen (secondary N) is 1. The molecule has 0 spiro atoms. The molecule has 0 unspecified atom stereocenters. The van der Waals surface area contributed by atoms with Crippen molar-refractivity contribution in [1.82, 2.24) is 14.5 Å². The first kappa shape index (κ1) is 14.0. The first-order valence-electron chi connectivity index (χ1n) is 6.37. The highest BCUT2D eigenvalue weighted by molar-refractivity contribution is 5.56. The largest absolute Gasteiger partial charge is 0.364 e. The van der Waals surface area contributed by atoms with E-state index in [0.717, 1.165) is 12.1 Å². The summed E-state index contributed by atoms with van der Waals surface area (Å²) < 4.78 is 1.98. The lowest BCUT2D eigenvalue weighted by molar-refractivity contribution is -0.384. The zero-order valence-corrected chi connectivity index (χ0v) is 11.5. The van der Waals surface area contributed by atoms with Crippen molar-refractivity contribution in [1.29, 1.82) is 0 Å². The van der Waals surface area contributed by atoms with Crippen LogP contribution in [0, 0.1) is 23.0 Å². The summed E-state index contributed by atoms with van der Waals surface area (Å²) in [5.74, 6) is 0.616. The highest BCUT2D eigenvalue weighted by Gasteiger charge is 2.15. The predicted octanol–water partition coefficient (Wildman–Crippen LogP) is 2.24. The molecule has 0 aliphatic carbocycles. The number of imidazole rings is 1. The Hall–Kier alpha value is -2.44. The van der Waals surface area contributed by atoms with Crippen molar-refractivity contribution in [3.63, 3.8) is 0 Å². The van der Waals surface area contributed by atoms with Gasteiger partial charge in [0.05, 0.1) is 11.3 Å². The molecule has 2 heterocycles. The Morgan fingerprint density at radius 3 is 3.00 bits per heavy atom. The van der Waals surface area contributed by atoms with Crippen LogP contribution in [0.3, 0.4) is 0 Å². The maximum Gasteiger partial charge on any atom is 0.311 e. The van der Waals surface area contributed by atoms with Crippen LogP contribution in [0.1, 0.15) is 12.5 Å². The molecule has 2 aromatic rings. The summed E-state index contributed by atoms with van der Waals surface area (Å²) in [6.45, 7) is 5.25. The molecule has 0 saturated heterocycles. The van der Waals surface area contributed by atoms with Crippen molar-refractivity contribution in [2.45, 2.75) is 20.4 Å². The monoisotopic (exact) mass is 275 g/mol. The minimum Gasteiger partial charge on any atom is -0.364 e. The van der Waals surface area contributed by atoms with E-state index in [-0.39, 0.29) is 5.69 Å². The van der Waals surface area contributed by atoms with Crippen LogP contribution in [0.5, 0.6) is 0 Å². The molecular formula is C13H17N5O2.